The zero-order valence-corrected chi connectivity index (χ0v) is 10.1. The van der Waals surface area contributed by atoms with Crippen molar-refractivity contribution in [3.05, 3.63) is 35.1 Å². The molecule has 5 heteroatoms. The van der Waals surface area contributed by atoms with Gasteiger partial charge in [0.1, 0.15) is 16.1 Å². The number of hydrogen-bond acceptors (Lipinski definition) is 4. The van der Waals surface area contributed by atoms with E-state index in [9.17, 15) is 0 Å². The SMILES string of the molecule is Brc1cc(-c2cnccn2)nc(C2CC2)n1. The standard InChI is InChI=1S/C11H9BrN4/c12-10-5-8(9-6-13-3-4-14-9)15-11(16-10)7-1-2-7/h3-7H,1-2H2. The van der Waals surface area contributed by atoms with Crippen LogP contribution in [-0.2, 0) is 0 Å². The molecule has 2 heterocycles. The summed E-state index contributed by atoms with van der Waals surface area (Å²) in [7, 11) is 0. The van der Waals surface area contributed by atoms with Crippen molar-refractivity contribution in [1.82, 2.24) is 19.9 Å². The Balaban J connectivity index is 2.06. The Morgan fingerprint density at radius 3 is 2.69 bits per heavy atom. The Labute approximate surface area is 101 Å². The Morgan fingerprint density at radius 1 is 1.12 bits per heavy atom. The summed E-state index contributed by atoms with van der Waals surface area (Å²) in [6, 6.07) is 1.87. The molecule has 0 aromatic carbocycles. The van der Waals surface area contributed by atoms with Gasteiger partial charge in [-0.2, -0.15) is 0 Å². The lowest BCUT2D eigenvalue weighted by atomic mass is 10.3. The summed E-state index contributed by atoms with van der Waals surface area (Å²) in [4.78, 5) is 17.2. The van der Waals surface area contributed by atoms with Crippen LogP contribution in [0.4, 0.5) is 0 Å². The van der Waals surface area contributed by atoms with Gasteiger partial charge in [-0.15, -0.1) is 0 Å². The predicted octanol–water partition coefficient (Wildman–Crippen LogP) is 2.57. The number of rotatable bonds is 2. The van der Waals surface area contributed by atoms with Crippen LogP contribution in [-0.4, -0.2) is 19.9 Å². The van der Waals surface area contributed by atoms with Gasteiger partial charge in [-0.1, -0.05) is 0 Å². The molecule has 1 aliphatic carbocycles. The molecule has 1 saturated carbocycles. The van der Waals surface area contributed by atoms with Crippen molar-refractivity contribution in [2.45, 2.75) is 18.8 Å². The van der Waals surface area contributed by atoms with Gasteiger partial charge in [-0.05, 0) is 34.8 Å². The first-order valence-corrected chi connectivity index (χ1v) is 5.93. The largest absolute Gasteiger partial charge is 0.261 e. The fraction of sp³-hybridized carbons (Fsp3) is 0.273. The van der Waals surface area contributed by atoms with E-state index in [1.54, 1.807) is 18.6 Å². The Morgan fingerprint density at radius 2 is 2.00 bits per heavy atom. The molecule has 2 aromatic heterocycles. The molecule has 80 valence electrons. The summed E-state index contributed by atoms with van der Waals surface area (Å²) >= 11 is 3.41. The van der Waals surface area contributed by atoms with Crippen LogP contribution >= 0.6 is 15.9 Å². The maximum Gasteiger partial charge on any atom is 0.133 e. The first kappa shape index (κ1) is 9.84. The van der Waals surface area contributed by atoms with E-state index in [-0.39, 0.29) is 0 Å². The molecule has 0 spiro atoms. The smallest absolute Gasteiger partial charge is 0.133 e. The van der Waals surface area contributed by atoms with Crippen LogP contribution in [0.15, 0.2) is 29.3 Å². The highest BCUT2D eigenvalue weighted by Gasteiger charge is 2.27. The molecular weight excluding hydrogens is 268 g/mol. The van der Waals surface area contributed by atoms with Crippen molar-refractivity contribution < 1.29 is 0 Å². The highest BCUT2D eigenvalue weighted by atomic mass is 79.9. The summed E-state index contributed by atoms with van der Waals surface area (Å²) in [6.45, 7) is 0. The first-order valence-electron chi connectivity index (χ1n) is 5.14. The number of halogens is 1. The van der Waals surface area contributed by atoms with Crippen LogP contribution < -0.4 is 0 Å². The molecule has 1 fully saturated rings. The van der Waals surface area contributed by atoms with E-state index in [1.807, 2.05) is 6.07 Å². The molecule has 3 rings (SSSR count). The van der Waals surface area contributed by atoms with Gasteiger partial charge in [0.05, 0.1) is 11.9 Å². The maximum atomic E-state index is 4.52. The minimum Gasteiger partial charge on any atom is -0.261 e. The average molecular weight is 277 g/mol. The van der Waals surface area contributed by atoms with Crippen molar-refractivity contribution >= 4 is 15.9 Å². The van der Waals surface area contributed by atoms with E-state index in [0.29, 0.717) is 5.92 Å². The quantitative estimate of drug-likeness (QED) is 0.792. The molecule has 0 radical (unpaired) electrons. The summed E-state index contributed by atoms with van der Waals surface area (Å²) in [5.41, 5.74) is 1.62. The van der Waals surface area contributed by atoms with Gasteiger partial charge < -0.3 is 0 Å². The molecule has 2 aromatic rings. The average Bonchev–Trinajstić information content (AvgIpc) is 3.13. The lowest BCUT2D eigenvalue weighted by Gasteiger charge is -2.03. The lowest BCUT2D eigenvalue weighted by Crippen LogP contribution is -1.96. The van der Waals surface area contributed by atoms with E-state index in [1.165, 1.54) is 12.8 Å². The van der Waals surface area contributed by atoms with E-state index < -0.39 is 0 Å². The molecule has 0 amide bonds. The molecule has 0 bridgehead atoms. The van der Waals surface area contributed by atoms with Gasteiger partial charge in [0, 0.05) is 18.3 Å². The third kappa shape index (κ3) is 1.95. The topological polar surface area (TPSA) is 51.6 Å². The minimum atomic E-state index is 0.535. The maximum absolute atomic E-state index is 4.52. The van der Waals surface area contributed by atoms with E-state index in [4.69, 9.17) is 0 Å². The highest BCUT2D eigenvalue weighted by molar-refractivity contribution is 9.10. The van der Waals surface area contributed by atoms with Crippen LogP contribution in [0, 0.1) is 0 Å². The van der Waals surface area contributed by atoms with Gasteiger partial charge in [-0.3, -0.25) is 9.97 Å². The second-order valence-corrected chi connectivity index (χ2v) is 4.61. The van der Waals surface area contributed by atoms with Crippen molar-refractivity contribution in [2.75, 3.05) is 0 Å². The molecule has 16 heavy (non-hydrogen) atoms. The monoisotopic (exact) mass is 276 g/mol. The van der Waals surface area contributed by atoms with Crippen molar-refractivity contribution in [2.24, 2.45) is 0 Å². The molecule has 0 aliphatic heterocycles. The van der Waals surface area contributed by atoms with Crippen LogP contribution in [0.1, 0.15) is 24.6 Å². The van der Waals surface area contributed by atoms with Crippen molar-refractivity contribution in [3.63, 3.8) is 0 Å². The number of aromatic nitrogens is 4. The molecule has 0 unspecified atom stereocenters. The second-order valence-electron chi connectivity index (χ2n) is 3.80. The van der Waals surface area contributed by atoms with Crippen molar-refractivity contribution in [1.29, 1.82) is 0 Å². The fourth-order valence-corrected chi connectivity index (χ4v) is 1.92. The first-order chi connectivity index (χ1) is 7.83. The summed E-state index contributed by atoms with van der Waals surface area (Å²) in [6.07, 6.45) is 7.42. The van der Waals surface area contributed by atoms with Crippen LogP contribution in [0.5, 0.6) is 0 Å². The zero-order valence-electron chi connectivity index (χ0n) is 8.47. The van der Waals surface area contributed by atoms with Crippen molar-refractivity contribution in [3.8, 4) is 11.4 Å². The molecule has 0 atom stereocenters. The zero-order chi connectivity index (χ0) is 11.0. The number of hydrogen-bond donors (Lipinski definition) is 0. The Kier molecular flexibility index (Phi) is 2.40. The number of nitrogens with zero attached hydrogens (tertiary/aromatic N) is 4. The fourth-order valence-electron chi connectivity index (χ4n) is 1.52. The minimum absolute atomic E-state index is 0.535. The van der Waals surface area contributed by atoms with E-state index >= 15 is 0 Å². The second kappa shape index (κ2) is 3.90. The third-order valence-electron chi connectivity index (χ3n) is 2.48. The van der Waals surface area contributed by atoms with E-state index in [0.717, 1.165) is 21.8 Å². The molecular formula is C11H9BrN4. The van der Waals surface area contributed by atoms with Crippen LogP contribution in [0.25, 0.3) is 11.4 Å². The lowest BCUT2D eigenvalue weighted by molar-refractivity contribution is 0.916. The molecule has 0 N–H and O–H groups in total. The Hall–Kier alpha value is -1.36. The summed E-state index contributed by atoms with van der Waals surface area (Å²) in [5, 5.41) is 0. The summed E-state index contributed by atoms with van der Waals surface area (Å²) in [5.74, 6) is 1.45. The van der Waals surface area contributed by atoms with Gasteiger partial charge in [0.25, 0.3) is 0 Å². The van der Waals surface area contributed by atoms with Gasteiger partial charge in [0.2, 0.25) is 0 Å². The third-order valence-corrected chi connectivity index (χ3v) is 2.89. The predicted molar refractivity (Wildman–Crippen MR) is 62.7 cm³/mol. The van der Waals surface area contributed by atoms with Crippen LogP contribution in [0.2, 0.25) is 0 Å². The molecule has 1 aliphatic rings. The highest BCUT2D eigenvalue weighted by Crippen LogP contribution is 2.38. The van der Waals surface area contributed by atoms with Gasteiger partial charge in [0.15, 0.2) is 0 Å². The Bertz CT molecular complexity index is 511. The molecule has 0 saturated heterocycles. The van der Waals surface area contributed by atoms with E-state index in [2.05, 4.69) is 35.9 Å². The molecule has 4 nitrogen and oxygen atoms in total. The summed E-state index contributed by atoms with van der Waals surface area (Å²) < 4.78 is 0.810. The normalized spacial score (nSPS) is 15.1. The van der Waals surface area contributed by atoms with Crippen LogP contribution in [0.3, 0.4) is 0 Å². The van der Waals surface area contributed by atoms with Gasteiger partial charge in [-0.25, -0.2) is 9.97 Å². The van der Waals surface area contributed by atoms with Gasteiger partial charge >= 0.3 is 0 Å².